The van der Waals surface area contributed by atoms with Crippen LogP contribution in [0.4, 0.5) is 0 Å². The molecule has 0 aromatic rings. The fourth-order valence-electron chi connectivity index (χ4n) is 2.86. The molecule has 2 aliphatic heterocycles. The summed E-state index contributed by atoms with van der Waals surface area (Å²) in [5.74, 6) is 2.75. The lowest BCUT2D eigenvalue weighted by atomic mass is 10.3. The lowest BCUT2D eigenvalue weighted by molar-refractivity contribution is 0.303. The number of guanidine groups is 1. The van der Waals surface area contributed by atoms with E-state index in [1.54, 1.807) is 0 Å². The minimum absolute atomic E-state index is 0.290. The zero-order chi connectivity index (χ0) is 16.7. The highest BCUT2D eigenvalue weighted by Crippen LogP contribution is 2.21. The van der Waals surface area contributed by atoms with E-state index >= 15 is 0 Å². The number of nitrogens with zero attached hydrogens (tertiary/aromatic N) is 3. The van der Waals surface area contributed by atoms with Gasteiger partial charge in [0.1, 0.15) is 0 Å². The van der Waals surface area contributed by atoms with Crippen molar-refractivity contribution in [2.75, 3.05) is 63.1 Å². The van der Waals surface area contributed by atoms with Crippen LogP contribution in [0.5, 0.6) is 0 Å². The molecule has 0 bridgehead atoms. The zero-order valence-electron chi connectivity index (χ0n) is 14.3. The molecule has 0 aromatic carbocycles. The minimum Gasteiger partial charge on any atom is -0.357 e. The summed E-state index contributed by atoms with van der Waals surface area (Å²) in [5, 5.41) is 4.09. The van der Waals surface area contributed by atoms with Crippen molar-refractivity contribution >= 4 is 27.6 Å². The summed E-state index contributed by atoms with van der Waals surface area (Å²) in [6, 6.07) is 0. The number of rotatable bonds is 5. The van der Waals surface area contributed by atoms with Crippen molar-refractivity contribution in [1.82, 2.24) is 15.1 Å². The third-order valence-electron chi connectivity index (χ3n) is 4.34. The second kappa shape index (κ2) is 9.13. The summed E-state index contributed by atoms with van der Waals surface area (Å²) in [6.45, 7) is 10.2. The van der Waals surface area contributed by atoms with Crippen molar-refractivity contribution in [1.29, 1.82) is 0 Å². The minimum atomic E-state index is -2.79. The van der Waals surface area contributed by atoms with Crippen LogP contribution in [0.15, 0.2) is 4.99 Å². The van der Waals surface area contributed by atoms with E-state index in [0.717, 1.165) is 44.4 Å². The number of sulfone groups is 1. The van der Waals surface area contributed by atoms with E-state index < -0.39 is 9.84 Å². The monoisotopic (exact) mass is 362 g/mol. The van der Waals surface area contributed by atoms with Crippen LogP contribution in [0.2, 0.25) is 0 Å². The SMILES string of the molecule is CCNC(=NCCN1CCS(=O)(=O)CC1)N1CCSC(CC)C1. The van der Waals surface area contributed by atoms with Gasteiger partial charge in [0.25, 0.3) is 0 Å². The molecule has 1 unspecified atom stereocenters. The van der Waals surface area contributed by atoms with Gasteiger partial charge in [0.15, 0.2) is 15.8 Å². The fourth-order valence-corrected chi connectivity index (χ4v) is 5.31. The molecule has 0 aliphatic carbocycles. The van der Waals surface area contributed by atoms with Crippen molar-refractivity contribution in [3.63, 3.8) is 0 Å². The van der Waals surface area contributed by atoms with E-state index in [4.69, 9.17) is 4.99 Å². The highest BCUT2D eigenvalue weighted by atomic mass is 32.2. The molecule has 8 heteroatoms. The van der Waals surface area contributed by atoms with Crippen molar-refractivity contribution in [2.24, 2.45) is 4.99 Å². The molecule has 2 rings (SSSR count). The maximum absolute atomic E-state index is 11.5. The maximum Gasteiger partial charge on any atom is 0.194 e. The van der Waals surface area contributed by atoms with Crippen LogP contribution < -0.4 is 5.32 Å². The summed E-state index contributed by atoms with van der Waals surface area (Å²) in [7, 11) is -2.79. The summed E-state index contributed by atoms with van der Waals surface area (Å²) in [5.41, 5.74) is 0. The number of hydrogen-bond donors (Lipinski definition) is 1. The lowest BCUT2D eigenvalue weighted by Gasteiger charge is -2.34. The molecule has 0 aromatic heterocycles. The Balaban J connectivity index is 1.84. The second-order valence-corrected chi connectivity index (χ2v) is 9.79. The fraction of sp³-hybridized carbons (Fsp3) is 0.933. The first-order valence-electron chi connectivity index (χ1n) is 8.61. The van der Waals surface area contributed by atoms with Crippen LogP contribution in [0.3, 0.4) is 0 Å². The first-order chi connectivity index (χ1) is 11.0. The van der Waals surface area contributed by atoms with E-state index in [9.17, 15) is 8.42 Å². The number of thioether (sulfide) groups is 1. The largest absolute Gasteiger partial charge is 0.357 e. The summed E-state index contributed by atoms with van der Waals surface area (Å²) < 4.78 is 22.9. The molecule has 0 spiro atoms. The average molecular weight is 363 g/mol. The summed E-state index contributed by atoms with van der Waals surface area (Å²) >= 11 is 2.06. The normalized spacial score (nSPS) is 26.3. The molecule has 6 nitrogen and oxygen atoms in total. The quantitative estimate of drug-likeness (QED) is 0.568. The van der Waals surface area contributed by atoms with Gasteiger partial charge in [-0.15, -0.1) is 0 Å². The Kier molecular flexibility index (Phi) is 7.49. The molecule has 0 radical (unpaired) electrons. The topological polar surface area (TPSA) is 65.0 Å². The molecule has 2 saturated heterocycles. The van der Waals surface area contributed by atoms with Crippen LogP contribution in [0.1, 0.15) is 20.3 Å². The van der Waals surface area contributed by atoms with Crippen LogP contribution in [-0.2, 0) is 9.84 Å². The van der Waals surface area contributed by atoms with Gasteiger partial charge in [0.05, 0.1) is 18.1 Å². The van der Waals surface area contributed by atoms with Gasteiger partial charge in [-0.3, -0.25) is 9.89 Å². The Hall–Kier alpha value is -0.470. The van der Waals surface area contributed by atoms with Crippen molar-refractivity contribution < 1.29 is 8.42 Å². The van der Waals surface area contributed by atoms with Gasteiger partial charge in [-0.05, 0) is 13.3 Å². The van der Waals surface area contributed by atoms with Crippen molar-refractivity contribution in [3.8, 4) is 0 Å². The zero-order valence-corrected chi connectivity index (χ0v) is 16.0. The predicted molar refractivity (Wildman–Crippen MR) is 99.2 cm³/mol. The Labute approximate surface area is 145 Å². The number of nitrogens with one attached hydrogen (secondary N) is 1. The highest BCUT2D eigenvalue weighted by molar-refractivity contribution is 8.00. The predicted octanol–water partition coefficient (Wildman–Crippen LogP) is 0.510. The summed E-state index contributed by atoms with van der Waals surface area (Å²) in [4.78, 5) is 9.34. The van der Waals surface area contributed by atoms with Crippen LogP contribution in [-0.4, -0.2) is 92.5 Å². The smallest absolute Gasteiger partial charge is 0.194 e. The first-order valence-corrected chi connectivity index (χ1v) is 11.5. The Bertz CT molecular complexity index is 482. The second-order valence-electron chi connectivity index (χ2n) is 6.08. The lowest BCUT2D eigenvalue weighted by Crippen LogP contribution is -2.48. The van der Waals surface area contributed by atoms with E-state index in [1.807, 2.05) is 0 Å². The molecule has 1 atom stereocenters. The summed E-state index contributed by atoms with van der Waals surface area (Å²) in [6.07, 6.45) is 1.20. The van der Waals surface area contributed by atoms with Gasteiger partial charge in [-0.2, -0.15) is 11.8 Å². The van der Waals surface area contributed by atoms with Gasteiger partial charge >= 0.3 is 0 Å². The van der Waals surface area contributed by atoms with Gasteiger partial charge < -0.3 is 10.2 Å². The Morgan fingerprint density at radius 2 is 2.00 bits per heavy atom. The van der Waals surface area contributed by atoms with Gasteiger partial charge in [0.2, 0.25) is 0 Å². The van der Waals surface area contributed by atoms with Crippen molar-refractivity contribution in [2.45, 2.75) is 25.5 Å². The van der Waals surface area contributed by atoms with Gasteiger partial charge in [0, 0.05) is 50.3 Å². The van der Waals surface area contributed by atoms with E-state index in [1.165, 1.54) is 6.42 Å². The van der Waals surface area contributed by atoms with Gasteiger partial charge in [-0.25, -0.2) is 8.42 Å². The first kappa shape index (κ1) is 18.9. The van der Waals surface area contributed by atoms with Gasteiger partial charge in [-0.1, -0.05) is 6.92 Å². The molecule has 2 aliphatic rings. The molecule has 0 amide bonds. The third-order valence-corrected chi connectivity index (χ3v) is 7.32. The molecule has 134 valence electrons. The maximum atomic E-state index is 11.5. The average Bonchev–Trinajstić information content (AvgIpc) is 2.55. The van der Waals surface area contributed by atoms with E-state index in [2.05, 4.69) is 40.7 Å². The Morgan fingerprint density at radius 3 is 2.65 bits per heavy atom. The number of aliphatic imine (C=N–C) groups is 1. The molecular formula is C15H30N4O2S2. The molecule has 2 heterocycles. The van der Waals surface area contributed by atoms with Crippen molar-refractivity contribution in [3.05, 3.63) is 0 Å². The van der Waals surface area contributed by atoms with Crippen LogP contribution >= 0.6 is 11.8 Å². The van der Waals surface area contributed by atoms with E-state index in [-0.39, 0.29) is 11.5 Å². The molecular weight excluding hydrogens is 332 g/mol. The third kappa shape index (κ3) is 6.15. The standard InChI is InChI=1S/C15H30N4O2S2/c1-3-14-13-19(7-10-22-14)15(16-4-2)17-5-6-18-8-11-23(20,21)12-9-18/h14H,3-13H2,1-2H3,(H,16,17). The Morgan fingerprint density at radius 1 is 1.26 bits per heavy atom. The van der Waals surface area contributed by atoms with Crippen LogP contribution in [0.25, 0.3) is 0 Å². The highest BCUT2D eigenvalue weighted by Gasteiger charge is 2.22. The number of hydrogen-bond acceptors (Lipinski definition) is 5. The van der Waals surface area contributed by atoms with E-state index in [0.29, 0.717) is 18.3 Å². The molecule has 1 N–H and O–H groups in total. The molecule has 2 fully saturated rings. The molecule has 23 heavy (non-hydrogen) atoms. The molecule has 0 saturated carbocycles. The van der Waals surface area contributed by atoms with Crippen LogP contribution in [0, 0.1) is 0 Å².